The number of rotatable bonds is 9. The number of carbonyl (C=O) groups excluding carboxylic acids is 1. The van der Waals surface area contributed by atoms with E-state index in [9.17, 15) is 4.79 Å². The second kappa shape index (κ2) is 13.3. The highest BCUT2D eigenvalue weighted by molar-refractivity contribution is 7.97. The van der Waals surface area contributed by atoms with Crippen LogP contribution in [-0.2, 0) is 9.53 Å². The van der Waals surface area contributed by atoms with E-state index in [1.54, 1.807) is 11.9 Å². The van der Waals surface area contributed by atoms with Gasteiger partial charge in [-0.25, -0.2) is 4.31 Å². The largest absolute Gasteiger partial charge is 0.493 e. The molecule has 1 atom stereocenters. The number of ether oxygens (including phenoxy) is 2. The average Bonchev–Trinajstić information content (AvgIpc) is 2.99. The highest BCUT2D eigenvalue weighted by Crippen LogP contribution is 2.35. The van der Waals surface area contributed by atoms with Crippen molar-refractivity contribution in [2.45, 2.75) is 49.1 Å². The summed E-state index contributed by atoms with van der Waals surface area (Å²) in [5.41, 5.74) is 2.46. The summed E-state index contributed by atoms with van der Waals surface area (Å²) in [7, 11) is 1.48. The van der Waals surface area contributed by atoms with Crippen LogP contribution in [0.15, 0.2) is 89.8 Å². The van der Waals surface area contributed by atoms with Gasteiger partial charge in [0.2, 0.25) is 0 Å². The Morgan fingerprint density at radius 3 is 2.11 bits per heavy atom. The van der Waals surface area contributed by atoms with Gasteiger partial charge in [-0.1, -0.05) is 79.9 Å². The van der Waals surface area contributed by atoms with Crippen molar-refractivity contribution in [3.8, 4) is 5.75 Å². The Balaban J connectivity index is 1.27. The van der Waals surface area contributed by atoms with Crippen molar-refractivity contribution in [3.63, 3.8) is 0 Å². The molecule has 5 rings (SSSR count). The summed E-state index contributed by atoms with van der Waals surface area (Å²) in [6, 6.07) is 29.1. The minimum atomic E-state index is -0.365. The highest BCUT2D eigenvalue weighted by Gasteiger charge is 2.37. The van der Waals surface area contributed by atoms with E-state index >= 15 is 0 Å². The first-order chi connectivity index (χ1) is 18.7. The van der Waals surface area contributed by atoms with Gasteiger partial charge in [0.25, 0.3) is 0 Å². The normalized spacial score (nSPS) is 19.4. The molecular formula is C32H38N2O3S. The zero-order valence-corrected chi connectivity index (χ0v) is 23.0. The molecule has 2 fully saturated rings. The molecule has 1 aliphatic heterocycles. The molecule has 200 valence electrons. The Morgan fingerprint density at radius 2 is 1.50 bits per heavy atom. The fraction of sp³-hybridized carbons (Fsp3) is 0.406. The third-order valence-corrected chi connectivity index (χ3v) is 8.84. The van der Waals surface area contributed by atoms with Crippen LogP contribution in [0.2, 0.25) is 0 Å². The maximum atomic E-state index is 13.0. The maximum Gasteiger partial charge on any atom is 0.325 e. The van der Waals surface area contributed by atoms with Crippen LogP contribution in [0.4, 0.5) is 0 Å². The van der Waals surface area contributed by atoms with E-state index in [2.05, 4.69) is 82.0 Å². The third-order valence-electron chi connectivity index (χ3n) is 7.69. The van der Waals surface area contributed by atoms with Crippen LogP contribution in [0.5, 0.6) is 5.75 Å². The average molecular weight is 531 g/mol. The monoisotopic (exact) mass is 530 g/mol. The van der Waals surface area contributed by atoms with Gasteiger partial charge in [-0.15, -0.1) is 0 Å². The summed E-state index contributed by atoms with van der Waals surface area (Å²) in [6.07, 6.45) is 6.59. The minimum absolute atomic E-state index is 0.0808. The number of piperazine rings is 1. The van der Waals surface area contributed by atoms with Crippen molar-refractivity contribution in [2.75, 3.05) is 33.4 Å². The number of nitrogens with zero attached hydrogens (tertiary/aromatic N) is 2. The fourth-order valence-electron chi connectivity index (χ4n) is 5.64. The molecule has 0 aromatic heterocycles. The molecule has 1 saturated heterocycles. The van der Waals surface area contributed by atoms with Gasteiger partial charge in [0.05, 0.1) is 19.8 Å². The lowest BCUT2D eigenvalue weighted by Crippen LogP contribution is -2.54. The van der Waals surface area contributed by atoms with Gasteiger partial charge >= 0.3 is 5.97 Å². The van der Waals surface area contributed by atoms with Gasteiger partial charge in [0.15, 0.2) is 0 Å². The molecule has 1 heterocycles. The van der Waals surface area contributed by atoms with E-state index in [4.69, 9.17) is 9.47 Å². The topological polar surface area (TPSA) is 42.0 Å². The summed E-state index contributed by atoms with van der Waals surface area (Å²) < 4.78 is 13.5. The molecule has 0 bridgehead atoms. The van der Waals surface area contributed by atoms with Gasteiger partial charge in [-0.3, -0.25) is 9.69 Å². The van der Waals surface area contributed by atoms with E-state index in [1.807, 2.05) is 12.1 Å². The van der Waals surface area contributed by atoms with Crippen LogP contribution in [0, 0.1) is 5.92 Å². The van der Waals surface area contributed by atoms with Gasteiger partial charge < -0.3 is 9.47 Å². The Bertz CT molecular complexity index is 1100. The van der Waals surface area contributed by atoms with Crippen LogP contribution < -0.4 is 4.74 Å². The summed E-state index contributed by atoms with van der Waals surface area (Å²) in [5.74, 6) is 1.41. The zero-order valence-electron chi connectivity index (χ0n) is 22.2. The lowest BCUT2D eigenvalue weighted by molar-refractivity contribution is -0.147. The second-order valence-electron chi connectivity index (χ2n) is 10.3. The van der Waals surface area contributed by atoms with Crippen LogP contribution >= 0.6 is 11.9 Å². The van der Waals surface area contributed by atoms with E-state index in [0.29, 0.717) is 12.5 Å². The standard InChI is InChI=1S/C32H38N2O3S/c1-36-32(35)30-23-33(31(26-13-7-3-8-14-26)27-15-9-4-10-16-27)21-22-34(30)38-29-19-17-28(18-20-29)37-24-25-11-5-2-6-12-25/h3-4,7-10,13-20,25,30-31H,2,5-6,11-12,21-24H2,1H3. The van der Waals surface area contributed by atoms with E-state index in [1.165, 1.54) is 50.3 Å². The first kappa shape index (κ1) is 26.8. The van der Waals surface area contributed by atoms with Crippen molar-refractivity contribution in [1.29, 1.82) is 0 Å². The molecule has 1 saturated carbocycles. The van der Waals surface area contributed by atoms with Crippen molar-refractivity contribution in [3.05, 3.63) is 96.1 Å². The molecule has 38 heavy (non-hydrogen) atoms. The predicted octanol–water partition coefficient (Wildman–Crippen LogP) is 6.60. The predicted molar refractivity (Wildman–Crippen MR) is 153 cm³/mol. The fourth-order valence-corrected chi connectivity index (χ4v) is 6.63. The summed E-state index contributed by atoms with van der Waals surface area (Å²) in [6.45, 7) is 3.00. The highest BCUT2D eigenvalue weighted by atomic mass is 32.2. The molecule has 5 nitrogen and oxygen atoms in total. The summed E-state index contributed by atoms with van der Waals surface area (Å²) in [4.78, 5) is 16.5. The van der Waals surface area contributed by atoms with E-state index in [0.717, 1.165) is 30.3 Å². The number of carbonyl (C=O) groups is 1. The van der Waals surface area contributed by atoms with Crippen molar-refractivity contribution in [2.24, 2.45) is 5.92 Å². The molecule has 0 spiro atoms. The quantitative estimate of drug-likeness (QED) is 0.229. The van der Waals surface area contributed by atoms with E-state index in [-0.39, 0.29) is 18.1 Å². The van der Waals surface area contributed by atoms with Gasteiger partial charge in [-0.2, -0.15) is 0 Å². The molecule has 0 amide bonds. The van der Waals surface area contributed by atoms with Crippen molar-refractivity contribution < 1.29 is 14.3 Å². The Kier molecular flexibility index (Phi) is 9.39. The Morgan fingerprint density at radius 1 is 0.868 bits per heavy atom. The van der Waals surface area contributed by atoms with Gasteiger partial charge in [0, 0.05) is 24.5 Å². The van der Waals surface area contributed by atoms with E-state index < -0.39 is 0 Å². The smallest absolute Gasteiger partial charge is 0.325 e. The van der Waals surface area contributed by atoms with Crippen LogP contribution in [0.25, 0.3) is 0 Å². The number of esters is 1. The molecule has 3 aromatic rings. The SMILES string of the molecule is COC(=O)C1CN(C(c2ccccc2)c2ccccc2)CCN1Sc1ccc(OCC2CCCCC2)cc1. The Hall–Kier alpha value is -2.80. The number of hydrogen-bond acceptors (Lipinski definition) is 6. The summed E-state index contributed by atoms with van der Waals surface area (Å²) >= 11 is 1.63. The molecule has 3 aromatic carbocycles. The van der Waals surface area contributed by atoms with Crippen LogP contribution in [0.3, 0.4) is 0 Å². The lowest BCUT2D eigenvalue weighted by Gasteiger charge is -2.42. The third kappa shape index (κ3) is 6.79. The number of methoxy groups -OCH3 is 1. The lowest BCUT2D eigenvalue weighted by atomic mass is 9.90. The molecule has 0 N–H and O–H groups in total. The first-order valence-electron chi connectivity index (χ1n) is 13.8. The first-order valence-corrected chi connectivity index (χ1v) is 14.6. The van der Waals surface area contributed by atoms with Crippen molar-refractivity contribution >= 4 is 17.9 Å². The molecular weight excluding hydrogens is 492 g/mol. The summed E-state index contributed by atoms with van der Waals surface area (Å²) in [5, 5.41) is 0. The van der Waals surface area contributed by atoms with Crippen LogP contribution in [0.1, 0.15) is 49.3 Å². The number of benzene rings is 3. The molecule has 1 aliphatic carbocycles. The minimum Gasteiger partial charge on any atom is -0.493 e. The second-order valence-corrected chi connectivity index (χ2v) is 11.4. The Labute approximate surface area is 231 Å². The van der Waals surface area contributed by atoms with Crippen LogP contribution in [-0.4, -0.2) is 54.6 Å². The zero-order chi connectivity index (χ0) is 26.2. The van der Waals surface area contributed by atoms with Crippen molar-refractivity contribution in [1.82, 2.24) is 9.21 Å². The van der Waals surface area contributed by atoms with Gasteiger partial charge in [-0.05, 0) is 66.1 Å². The van der Waals surface area contributed by atoms with Gasteiger partial charge in [0.1, 0.15) is 11.8 Å². The molecule has 0 radical (unpaired) electrons. The number of hydrogen-bond donors (Lipinski definition) is 0. The molecule has 1 unspecified atom stereocenters. The molecule has 6 heteroatoms. The maximum absolute atomic E-state index is 13.0. The molecule has 2 aliphatic rings.